The number of Topliss-reactive ketones (excluding diaryl/α,β-unsaturated/α-hetero) is 1. The van der Waals surface area contributed by atoms with Crippen molar-refractivity contribution in [2.45, 2.75) is 31.6 Å². The highest BCUT2D eigenvalue weighted by Crippen LogP contribution is 2.21. The molecule has 3 heteroatoms. The van der Waals surface area contributed by atoms with Gasteiger partial charge in [-0.1, -0.05) is 37.7 Å². The summed E-state index contributed by atoms with van der Waals surface area (Å²) in [5.41, 5.74) is 0.820. The Balaban J connectivity index is 2.69. The Hall–Kier alpha value is -0.800. The van der Waals surface area contributed by atoms with Gasteiger partial charge in [0, 0.05) is 23.5 Å². The van der Waals surface area contributed by atoms with Crippen LogP contribution in [0.25, 0.3) is 0 Å². The summed E-state index contributed by atoms with van der Waals surface area (Å²) in [6, 6.07) is 7.80. The quantitative estimate of drug-likeness (QED) is 0.417. The van der Waals surface area contributed by atoms with Crippen molar-refractivity contribution in [3.05, 3.63) is 29.8 Å². The van der Waals surface area contributed by atoms with Crippen molar-refractivity contribution in [3.63, 3.8) is 0 Å². The molecule has 0 aliphatic heterocycles. The van der Waals surface area contributed by atoms with Crippen LogP contribution in [-0.4, -0.2) is 18.8 Å². The first-order valence-corrected chi connectivity index (χ1v) is 6.97. The van der Waals surface area contributed by atoms with Crippen LogP contribution in [0.15, 0.2) is 29.2 Å². The Morgan fingerprint density at radius 3 is 2.29 bits per heavy atom. The van der Waals surface area contributed by atoms with Crippen LogP contribution in [0.2, 0.25) is 0 Å². The zero-order chi connectivity index (χ0) is 12.7. The normalized spacial score (nSPS) is 10.8. The van der Waals surface area contributed by atoms with Gasteiger partial charge in [-0.2, -0.15) is 0 Å². The number of benzene rings is 1. The van der Waals surface area contributed by atoms with Crippen molar-refractivity contribution in [2.24, 2.45) is 5.92 Å². The van der Waals surface area contributed by atoms with E-state index in [0.29, 0.717) is 5.94 Å². The third-order valence-corrected chi connectivity index (χ3v) is 3.80. The molecule has 1 rings (SSSR count). The number of carbonyl (C=O) groups is 1. The van der Waals surface area contributed by atoms with Crippen LogP contribution in [0.3, 0.4) is 0 Å². The molecule has 0 spiro atoms. The van der Waals surface area contributed by atoms with Crippen LogP contribution < -0.4 is 0 Å². The van der Waals surface area contributed by atoms with Crippen LogP contribution in [-0.2, 0) is 4.74 Å². The number of ether oxygens (including phenoxy) is 1. The zero-order valence-electron chi connectivity index (χ0n) is 10.7. The highest BCUT2D eigenvalue weighted by Gasteiger charge is 2.15. The average molecular weight is 252 g/mol. The molecule has 17 heavy (non-hydrogen) atoms. The molecule has 0 saturated carbocycles. The highest BCUT2D eigenvalue weighted by atomic mass is 32.2. The molecule has 0 aliphatic rings. The van der Waals surface area contributed by atoms with Gasteiger partial charge in [0.15, 0.2) is 5.78 Å². The lowest BCUT2D eigenvalue weighted by atomic mass is 9.93. The molecule has 0 bridgehead atoms. The Morgan fingerprint density at radius 2 is 1.82 bits per heavy atom. The lowest BCUT2D eigenvalue weighted by Crippen LogP contribution is -2.12. The van der Waals surface area contributed by atoms with Crippen molar-refractivity contribution >= 4 is 17.5 Å². The molecule has 2 nitrogen and oxygen atoms in total. The number of methoxy groups -OCH3 is 1. The first-order chi connectivity index (χ1) is 8.22. The van der Waals surface area contributed by atoms with Crippen molar-refractivity contribution < 1.29 is 9.53 Å². The minimum atomic E-state index is 0.160. The summed E-state index contributed by atoms with van der Waals surface area (Å²) in [6.45, 7) is 4.13. The van der Waals surface area contributed by atoms with Crippen LogP contribution in [0.1, 0.15) is 37.0 Å². The molecule has 0 aliphatic carbocycles. The predicted octanol–water partition coefficient (Wildman–Crippen LogP) is 4.00. The van der Waals surface area contributed by atoms with Gasteiger partial charge < -0.3 is 4.74 Å². The smallest absolute Gasteiger partial charge is 0.165 e. The monoisotopic (exact) mass is 252 g/mol. The first-order valence-electron chi connectivity index (χ1n) is 5.98. The summed E-state index contributed by atoms with van der Waals surface area (Å²) in [4.78, 5) is 13.2. The molecule has 0 amide bonds. The Labute approximate surface area is 108 Å². The largest absolute Gasteiger partial charge is 0.374 e. The van der Waals surface area contributed by atoms with Crippen LogP contribution in [0, 0.1) is 5.92 Å². The summed E-state index contributed by atoms with van der Waals surface area (Å²) < 4.78 is 4.99. The summed E-state index contributed by atoms with van der Waals surface area (Å²) in [5, 5.41) is 0. The molecular formula is C14H20O2S. The van der Waals surface area contributed by atoms with E-state index in [2.05, 4.69) is 13.8 Å². The van der Waals surface area contributed by atoms with Crippen LogP contribution >= 0.6 is 11.8 Å². The van der Waals surface area contributed by atoms with Gasteiger partial charge in [0.05, 0.1) is 5.94 Å². The van der Waals surface area contributed by atoms with E-state index in [1.165, 1.54) is 0 Å². The molecule has 94 valence electrons. The second kappa shape index (κ2) is 7.51. The fraction of sp³-hybridized carbons (Fsp3) is 0.500. The second-order valence-corrected chi connectivity index (χ2v) is 4.95. The van der Waals surface area contributed by atoms with Gasteiger partial charge in [0.1, 0.15) is 0 Å². The third kappa shape index (κ3) is 4.17. The first kappa shape index (κ1) is 14.3. The fourth-order valence-electron chi connectivity index (χ4n) is 1.74. The van der Waals surface area contributed by atoms with Gasteiger partial charge >= 0.3 is 0 Å². The Bertz CT molecular complexity index is 342. The number of hydrogen-bond donors (Lipinski definition) is 0. The SMILES string of the molecule is CCC(CC)C(=O)c1ccc(SCOC)cc1. The van der Waals surface area contributed by atoms with E-state index in [-0.39, 0.29) is 11.7 Å². The molecule has 0 atom stereocenters. The predicted molar refractivity (Wildman–Crippen MR) is 72.6 cm³/mol. The van der Waals surface area contributed by atoms with E-state index < -0.39 is 0 Å². The summed E-state index contributed by atoms with van der Waals surface area (Å²) in [5.74, 6) is 1.06. The third-order valence-electron chi connectivity index (χ3n) is 2.84. The molecule has 0 saturated heterocycles. The molecule has 1 aromatic carbocycles. The fourth-order valence-corrected chi connectivity index (χ4v) is 2.32. The number of rotatable bonds is 7. The highest BCUT2D eigenvalue weighted by molar-refractivity contribution is 7.99. The molecular weight excluding hydrogens is 232 g/mol. The average Bonchev–Trinajstić information content (AvgIpc) is 2.38. The van der Waals surface area contributed by atoms with Gasteiger partial charge in [-0.3, -0.25) is 4.79 Å². The minimum Gasteiger partial charge on any atom is -0.374 e. The van der Waals surface area contributed by atoms with Gasteiger partial charge in [-0.05, 0) is 25.0 Å². The van der Waals surface area contributed by atoms with Crippen LogP contribution in [0.5, 0.6) is 0 Å². The van der Waals surface area contributed by atoms with E-state index in [1.54, 1.807) is 18.9 Å². The molecule has 0 fully saturated rings. The lowest BCUT2D eigenvalue weighted by Gasteiger charge is -2.11. The summed E-state index contributed by atoms with van der Waals surface area (Å²) in [6.07, 6.45) is 1.82. The maximum atomic E-state index is 12.1. The Morgan fingerprint density at radius 1 is 1.24 bits per heavy atom. The van der Waals surface area contributed by atoms with Crippen molar-refractivity contribution in [3.8, 4) is 0 Å². The molecule has 1 aromatic rings. The summed E-state index contributed by atoms with van der Waals surface area (Å²) in [7, 11) is 1.68. The summed E-state index contributed by atoms with van der Waals surface area (Å²) >= 11 is 1.63. The van der Waals surface area contributed by atoms with Gasteiger partial charge in [-0.15, -0.1) is 0 Å². The molecule has 0 radical (unpaired) electrons. The van der Waals surface area contributed by atoms with E-state index >= 15 is 0 Å². The van der Waals surface area contributed by atoms with Crippen molar-refractivity contribution in [1.29, 1.82) is 0 Å². The number of ketones is 1. The van der Waals surface area contributed by atoms with E-state index in [1.807, 2.05) is 24.3 Å². The van der Waals surface area contributed by atoms with Crippen molar-refractivity contribution in [2.75, 3.05) is 13.0 Å². The molecule has 0 aromatic heterocycles. The van der Waals surface area contributed by atoms with Crippen LogP contribution in [0.4, 0.5) is 0 Å². The molecule has 0 unspecified atom stereocenters. The zero-order valence-corrected chi connectivity index (χ0v) is 11.5. The minimum absolute atomic E-state index is 0.160. The Kier molecular flexibility index (Phi) is 6.30. The van der Waals surface area contributed by atoms with E-state index in [0.717, 1.165) is 23.3 Å². The maximum Gasteiger partial charge on any atom is 0.165 e. The van der Waals surface area contributed by atoms with E-state index in [4.69, 9.17) is 4.74 Å². The number of thioether (sulfide) groups is 1. The second-order valence-electron chi connectivity index (χ2n) is 3.95. The maximum absolute atomic E-state index is 12.1. The van der Waals surface area contributed by atoms with Gasteiger partial charge in [0.2, 0.25) is 0 Å². The standard InChI is InChI=1S/C14H20O2S/c1-4-11(5-2)14(15)12-6-8-13(9-7-12)17-10-16-3/h6-9,11H,4-5,10H2,1-3H3. The van der Waals surface area contributed by atoms with Gasteiger partial charge in [0.25, 0.3) is 0 Å². The molecule has 0 heterocycles. The topological polar surface area (TPSA) is 26.3 Å². The van der Waals surface area contributed by atoms with E-state index in [9.17, 15) is 4.79 Å². The molecule has 0 N–H and O–H groups in total. The van der Waals surface area contributed by atoms with Gasteiger partial charge in [-0.25, -0.2) is 0 Å². The number of carbonyl (C=O) groups excluding carboxylic acids is 1. The lowest BCUT2D eigenvalue weighted by molar-refractivity contribution is 0.0913. The number of hydrogen-bond acceptors (Lipinski definition) is 3. The van der Waals surface area contributed by atoms with Crippen molar-refractivity contribution in [1.82, 2.24) is 0 Å².